The molecule has 240 valence electrons. The topological polar surface area (TPSA) is 3.24 Å². The lowest BCUT2D eigenvalue weighted by Gasteiger charge is -2.29. The number of hydrogen-bond donors (Lipinski definition) is 0. The van der Waals surface area contributed by atoms with E-state index in [2.05, 4.69) is 193 Å². The maximum Gasteiger partial charge on any atom is 0.0719 e. The summed E-state index contributed by atoms with van der Waals surface area (Å²) in [5.41, 5.74) is 10.8. The lowest BCUT2D eigenvalue weighted by molar-refractivity contribution is 1.32. The van der Waals surface area contributed by atoms with Crippen molar-refractivity contribution in [2.24, 2.45) is 0 Å². The van der Waals surface area contributed by atoms with Crippen LogP contribution >= 0.6 is 22.7 Å². The van der Waals surface area contributed by atoms with Crippen molar-refractivity contribution >= 4 is 80.1 Å². The maximum atomic E-state index is 2.53. The van der Waals surface area contributed by atoms with Crippen LogP contribution in [0.2, 0.25) is 0 Å². The van der Waals surface area contributed by atoms with Crippen molar-refractivity contribution in [2.75, 3.05) is 4.90 Å². The van der Waals surface area contributed by atoms with Crippen LogP contribution in [-0.2, 0) is 0 Å². The zero-order chi connectivity index (χ0) is 33.7. The van der Waals surface area contributed by atoms with Crippen LogP contribution in [0.15, 0.2) is 188 Å². The highest BCUT2D eigenvalue weighted by molar-refractivity contribution is 7.27. The molecule has 0 unspecified atom stereocenters. The molecule has 0 bridgehead atoms. The third-order valence-electron chi connectivity index (χ3n) is 9.88. The number of benzene rings is 8. The number of anilines is 3. The molecule has 3 heteroatoms. The van der Waals surface area contributed by atoms with E-state index >= 15 is 0 Å². The van der Waals surface area contributed by atoms with Gasteiger partial charge in [0.1, 0.15) is 0 Å². The van der Waals surface area contributed by atoms with E-state index in [-0.39, 0.29) is 0 Å². The van der Waals surface area contributed by atoms with Crippen molar-refractivity contribution in [3.8, 4) is 33.4 Å². The lowest BCUT2D eigenvalue weighted by atomic mass is 9.97. The molecule has 0 N–H and O–H groups in total. The predicted octanol–water partition coefficient (Wildman–Crippen LogP) is 14.9. The average Bonchev–Trinajstić information content (AvgIpc) is 3.78. The summed E-state index contributed by atoms with van der Waals surface area (Å²) >= 11 is 3.77. The van der Waals surface area contributed by atoms with Crippen molar-refractivity contribution in [1.29, 1.82) is 0 Å². The van der Waals surface area contributed by atoms with Gasteiger partial charge in [0, 0.05) is 42.2 Å². The largest absolute Gasteiger partial charge is 0.307 e. The van der Waals surface area contributed by atoms with Gasteiger partial charge in [-0.2, -0.15) is 0 Å². The van der Waals surface area contributed by atoms with Crippen LogP contribution in [0, 0.1) is 0 Å². The molecule has 2 aromatic heterocycles. The van der Waals surface area contributed by atoms with Crippen molar-refractivity contribution in [3.63, 3.8) is 0 Å². The van der Waals surface area contributed by atoms with Crippen LogP contribution in [0.5, 0.6) is 0 Å². The van der Waals surface area contributed by atoms with E-state index < -0.39 is 0 Å². The molecule has 10 rings (SSSR count). The summed E-state index contributed by atoms with van der Waals surface area (Å²) < 4.78 is 5.18. The van der Waals surface area contributed by atoms with Crippen LogP contribution < -0.4 is 4.90 Å². The first kappa shape index (κ1) is 29.9. The smallest absolute Gasteiger partial charge is 0.0719 e. The molecule has 0 amide bonds. The van der Waals surface area contributed by atoms with Crippen LogP contribution in [0.3, 0.4) is 0 Å². The van der Waals surface area contributed by atoms with E-state index in [0.717, 1.165) is 5.69 Å². The molecule has 0 atom stereocenters. The Hall–Kier alpha value is -6.00. The molecule has 8 aromatic carbocycles. The average molecular weight is 686 g/mol. The monoisotopic (exact) mass is 685 g/mol. The Morgan fingerprint density at radius 1 is 0.333 bits per heavy atom. The molecule has 0 saturated carbocycles. The minimum atomic E-state index is 1.13. The summed E-state index contributed by atoms with van der Waals surface area (Å²) in [6, 6.07) is 68.6. The summed E-state index contributed by atoms with van der Waals surface area (Å²) in [5, 5.41) is 5.17. The van der Waals surface area contributed by atoms with Gasteiger partial charge in [-0.05, 0) is 64.2 Å². The fourth-order valence-electron chi connectivity index (χ4n) is 7.46. The Morgan fingerprint density at radius 2 is 0.843 bits per heavy atom. The quantitative estimate of drug-likeness (QED) is 0.168. The Labute approximate surface area is 304 Å². The molecule has 0 aliphatic carbocycles. The fourth-order valence-corrected chi connectivity index (χ4v) is 9.90. The van der Waals surface area contributed by atoms with E-state index in [1.54, 1.807) is 0 Å². The van der Waals surface area contributed by atoms with E-state index in [9.17, 15) is 0 Å². The highest BCUT2D eigenvalue weighted by Crippen LogP contribution is 2.52. The summed E-state index contributed by atoms with van der Waals surface area (Å²) in [7, 11) is 0. The number of thiophene rings is 2. The van der Waals surface area contributed by atoms with Crippen molar-refractivity contribution in [3.05, 3.63) is 188 Å². The van der Waals surface area contributed by atoms with E-state index in [0.29, 0.717) is 0 Å². The number of hydrogen-bond acceptors (Lipinski definition) is 3. The van der Waals surface area contributed by atoms with Gasteiger partial charge in [-0.3, -0.25) is 0 Å². The standard InChI is InChI=1S/C48H31NS2/c1-3-13-32(14-4-1)35-17-11-18-36(31-35)33-25-27-37(28-26-33)49(43-22-12-21-41-39-19-7-9-23-44(39)50-47(41)43)46-38(34-15-5-2-6-16-34)29-30-42-40-20-8-10-24-45(40)51-48(42)46/h1-31H. The second-order valence-corrected chi connectivity index (χ2v) is 15.0. The van der Waals surface area contributed by atoms with Gasteiger partial charge in [-0.25, -0.2) is 0 Å². The lowest BCUT2D eigenvalue weighted by Crippen LogP contribution is -2.11. The molecule has 0 radical (unpaired) electrons. The van der Waals surface area contributed by atoms with Gasteiger partial charge in [0.25, 0.3) is 0 Å². The summed E-state index contributed by atoms with van der Waals surface area (Å²) in [6.45, 7) is 0. The van der Waals surface area contributed by atoms with Gasteiger partial charge in [-0.1, -0.05) is 152 Å². The summed E-state index contributed by atoms with van der Waals surface area (Å²) in [5.74, 6) is 0. The zero-order valence-corrected chi connectivity index (χ0v) is 29.3. The normalized spacial score (nSPS) is 11.5. The van der Waals surface area contributed by atoms with Crippen LogP contribution in [0.25, 0.3) is 73.7 Å². The first-order valence-electron chi connectivity index (χ1n) is 17.3. The minimum Gasteiger partial charge on any atom is -0.307 e. The minimum absolute atomic E-state index is 1.13. The third kappa shape index (κ3) is 5.13. The van der Waals surface area contributed by atoms with Gasteiger partial charge in [0.2, 0.25) is 0 Å². The molecule has 0 spiro atoms. The SMILES string of the molecule is c1ccc(-c2cccc(-c3ccc(N(c4cccc5c4sc4ccccc45)c4c(-c5ccccc5)ccc5c4sc4ccccc45)cc3)c2)cc1. The molecule has 2 heterocycles. The molecule has 0 fully saturated rings. The van der Waals surface area contributed by atoms with E-state index in [1.165, 1.54) is 85.1 Å². The fraction of sp³-hybridized carbons (Fsp3) is 0. The van der Waals surface area contributed by atoms with Gasteiger partial charge < -0.3 is 4.90 Å². The van der Waals surface area contributed by atoms with Crippen molar-refractivity contribution in [1.82, 2.24) is 0 Å². The number of nitrogens with zero attached hydrogens (tertiary/aromatic N) is 1. The molecule has 10 aromatic rings. The van der Waals surface area contributed by atoms with Crippen LogP contribution in [-0.4, -0.2) is 0 Å². The molecule has 0 aliphatic rings. The second-order valence-electron chi connectivity index (χ2n) is 12.9. The molecule has 0 aliphatic heterocycles. The van der Waals surface area contributed by atoms with Gasteiger partial charge in [0.05, 0.1) is 20.8 Å². The van der Waals surface area contributed by atoms with E-state index in [4.69, 9.17) is 0 Å². The van der Waals surface area contributed by atoms with E-state index in [1.807, 2.05) is 22.7 Å². The first-order chi connectivity index (χ1) is 25.3. The maximum absolute atomic E-state index is 2.53. The molecular weight excluding hydrogens is 655 g/mol. The van der Waals surface area contributed by atoms with Gasteiger partial charge >= 0.3 is 0 Å². The zero-order valence-electron chi connectivity index (χ0n) is 27.7. The number of fused-ring (bicyclic) bond motifs is 6. The molecule has 51 heavy (non-hydrogen) atoms. The number of rotatable bonds is 6. The highest BCUT2D eigenvalue weighted by atomic mass is 32.1. The van der Waals surface area contributed by atoms with Gasteiger partial charge in [-0.15, -0.1) is 22.7 Å². The molecule has 1 nitrogen and oxygen atoms in total. The third-order valence-corrected chi connectivity index (χ3v) is 12.3. The van der Waals surface area contributed by atoms with Crippen LogP contribution in [0.1, 0.15) is 0 Å². The Bertz CT molecular complexity index is 2850. The Morgan fingerprint density at radius 3 is 1.53 bits per heavy atom. The Balaban J connectivity index is 1.23. The Kier molecular flexibility index (Phi) is 7.26. The predicted molar refractivity (Wildman–Crippen MR) is 223 cm³/mol. The van der Waals surface area contributed by atoms with Crippen LogP contribution in [0.4, 0.5) is 17.1 Å². The molecule has 0 saturated heterocycles. The first-order valence-corrected chi connectivity index (χ1v) is 18.9. The molecular formula is C48H31NS2. The highest BCUT2D eigenvalue weighted by Gasteiger charge is 2.25. The van der Waals surface area contributed by atoms with Gasteiger partial charge in [0.15, 0.2) is 0 Å². The van der Waals surface area contributed by atoms with Crippen molar-refractivity contribution in [2.45, 2.75) is 0 Å². The second kappa shape index (κ2) is 12.4. The summed E-state index contributed by atoms with van der Waals surface area (Å²) in [6.07, 6.45) is 0. The van der Waals surface area contributed by atoms with Crippen molar-refractivity contribution < 1.29 is 0 Å². The summed E-state index contributed by atoms with van der Waals surface area (Å²) in [4.78, 5) is 2.53.